The fraction of sp³-hybridized carbons (Fsp3) is 0.385. The molecule has 1 rings (SSSR count). The summed E-state index contributed by atoms with van der Waals surface area (Å²) >= 11 is 7.30. The van der Waals surface area contributed by atoms with E-state index in [1.54, 1.807) is 13.0 Å². The normalized spacial score (nSPS) is 12.8. The maximum atomic E-state index is 11.9. The van der Waals surface area contributed by atoms with Crippen LogP contribution in [0.15, 0.2) is 29.2 Å². The van der Waals surface area contributed by atoms with Crippen molar-refractivity contribution in [3.8, 4) is 0 Å². The maximum absolute atomic E-state index is 11.9. The Morgan fingerprint density at radius 1 is 1.37 bits per heavy atom. The highest BCUT2D eigenvalue weighted by Gasteiger charge is 2.30. The van der Waals surface area contributed by atoms with Crippen LogP contribution in [0.25, 0.3) is 0 Å². The van der Waals surface area contributed by atoms with Crippen LogP contribution in [0.3, 0.4) is 0 Å². The topological polar surface area (TPSA) is 66.4 Å². The lowest BCUT2D eigenvalue weighted by Crippen LogP contribution is -2.51. The van der Waals surface area contributed by atoms with E-state index < -0.39 is 16.8 Å². The van der Waals surface area contributed by atoms with Crippen LogP contribution in [0.4, 0.5) is 0 Å². The highest BCUT2D eigenvalue weighted by molar-refractivity contribution is 8.00. The zero-order chi connectivity index (χ0) is 14.6. The molecule has 0 radical (unpaired) electrons. The summed E-state index contributed by atoms with van der Waals surface area (Å²) in [6.07, 6.45) is 0. The van der Waals surface area contributed by atoms with E-state index in [0.717, 1.165) is 4.90 Å². The molecule has 6 heteroatoms. The van der Waals surface area contributed by atoms with Crippen molar-refractivity contribution < 1.29 is 14.7 Å². The van der Waals surface area contributed by atoms with E-state index in [1.807, 2.05) is 18.2 Å². The second kappa shape index (κ2) is 6.30. The molecule has 0 saturated heterocycles. The summed E-state index contributed by atoms with van der Waals surface area (Å²) in [5.41, 5.74) is -1.29. The van der Waals surface area contributed by atoms with Crippen LogP contribution < -0.4 is 5.32 Å². The summed E-state index contributed by atoms with van der Waals surface area (Å²) in [6, 6.07) is 7.21. The predicted molar refractivity (Wildman–Crippen MR) is 76.6 cm³/mol. The lowest BCUT2D eigenvalue weighted by molar-refractivity contribution is -0.145. The van der Waals surface area contributed by atoms with Crippen molar-refractivity contribution in [2.24, 2.45) is 0 Å². The molecule has 0 saturated carbocycles. The van der Waals surface area contributed by atoms with E-state index in [1.165, 1.54) is 25.6 Å². The number of carbonyl (C=O) groups is 2. The van der Waals surface area contributed by atoms with E-state index in [4.69, 9.17) is 16.7 Å². The average molecular weight is 302 g/mol. The summed E-state index contributed by atoms with van der Waals surface area (Å²) in [4.78, 5) is 23.7. The molecule has 0 heterocycles. The second-order valence-electron chi connectivity index (χ2n) is 4.61. The van der Waals surface area contributed by atoms with Crippen molar-refractivity contribution >= 4 is 35.2 Å². The van der Waals surface area contributed by atoms with Gasteiger partial charge >= 0.3 is 5.97 Å². The van der Waals surface area contributed by atoms with Gasteiger partial charge in [0.1, 0.15) is 5.54 Å². The summed E-state index contributed by atoms with van der Waals surface area (Å²) < 4.78 is 0. The first-order valence-corrected chi connectivity index (χ1v) is 6.96. The highest BCUT2D eigenvalue weighted by atomic mass is 35.5. The molecule has 0 aliphatic heterocycles. The number of aliphatic carboxylic acids is 1. The minimum Gasteiger partial charge on any atom is -0.480 e. The van der Waals surface area contributed by atoms with Gasteiger partial charge in [0.25, 0.3) is 0 Å². The molecule has 4 nitrogen and oxygen atoms in total. The van der Waals surface area contributed by atoms with Gasteiger partial charge in [0.2, 0.25) is 5.91 Å². The highest BCUT2D eigenvalue weighted by Crippen LogP contribution is 2.30. The van der Waals surface area contributed by atoms with Crippen molar-refractivity contribution in [3.63, 3.8) is 0 Å². The number of thioether (sulfide) groups is 1. The van der Waals surface area contributed by atoms with Crippen LogP contribution >= 0.6 is 23.4 Å². The third-order valence-electron chi connectivity index (χ3n) is 2.48. The molecule has 1 atom stereocenters. The zero-order valence-electron chi connectivity index (χ0n) is 10.9. The van der Waals surface area contributed by atoms with Crippen molar-refractivity contribution in [2.75, 3.05) is 0 Å². The molecule has 1 aromatic carbocycles. The Bertz CT molecular complexity index is 491. The minimum atomic E-state index is -1.29. The number of amides is 1. The number of rotatable bonds is 5. The molecule has 1 amide bonds. The van der Waals surface area contributed by atoms with Crippen molar-refractivity contribution in [3.05, 3.63) is 29.3 Å². The summed E-state index contributed by atoms with van der Waals surface area (Å²) in [5.74, 6) is -1.41. The molecular formula is C13H16ClNO3S. The number of nitrogens with one attached hydrogen (secondary N) is 1. The Hall–Kier alpha value is -1.20. The first kappa shape index (κ1) is 15.9. The van der Waals surface area contributed by atoms with Gasteiger partial charge in [0.05, 0.1) is 10.3 Å². The van der Waals surface area contributed by atoms with E-state index in [-0.39, 0.29) is 5.91 Å². The van der Waals surface area contributed by atoms with Gasteiger partial charge < -0.3 is 10.4 Å². The van der Waals surface area contributed by atoms with Crippen molar-refractivity contribution in [1.29, 1.82) is 0 Å². The van der Waals surface area contributed by atoms with Crippen molar-refractivity contribution in [1.82, 2.24) is 5.32 Å². The van der Waals surface area contributed by atoms with Crippen LogP contribution in [-0.4, -0.2) is 27.8 Å². The number of carbonyl (C=O) groups excluding carboxylic acids is 1. The molecule has 104 valence electrons. The molecule has 0 aliphatic carbocycles. The fourth-order valence-corrected chi connectivity index (χ4v) is 2.40. The number of benzene rings is 1. The molecule has 0 spiro atoms. The predicted octanol–water partition coefficient (Wildman–Crippen LogP) is 2.80. The number of carboxylic acid groups (broad SMARTS) is 1. The monoisotopic (exact) mass is 301 g/mol. The molecular weight excluding hydrogens is 286 g/mol. The van der Waals surface area contributed by atoms with E-state index in [0.29, 0.717) is 5.02 Å². The molecule has 0 aromatic heterocycles. The zero-order valence-corrected chi connectivity index (χ0v) is 12.5. The smallest absolute Gasteiger partial charge is 0.328 e. The van der Waals surface area contributed by atoms with Crippen LogP contribution in [0, 0.1) is 0 Å². The maximum Gasteiger partial charge on any atom is 0.328 e. The minimum absolute atomic E-state index is 0.336. The molecule has 2 N–H and O–H groups in total. The standard InChI is InChI=1S/C13H16ClNO3S/c1-8(11(16)15-13(2,3)12(17)18)19-10-7-5-4-6-9(10)14/h4-8H,1-3H3,(H,15,16)(H,17,18). The molecule has 0 fully saturated rings. The van der Waals surface area contributed by atoms with Crippen LogP contribution in [0.5, 0.6) is 0 Å². The lowest BCUT2D eigenvalue weighted by Gasteiger charge is -2.23. The SMILES string of the molecule is CC(Sc1ccccc1Cl)C(=O)NC(C)(C)C(=O)O. The van der Waals surface area contributed by atoms with Gasteiger partial charge in [-0.25, -0.2) is 4.79 Å². The Morgan fingerprint density at radius 2 is 1.95 bits per heavy atom. The Balaban J connectivity index is 2.69. The van der Waals surface area contributed by atoms with Gasteiger partial charge in [0.15, 0.2) is 0 Å². The van der Waals surface area contributed by atoms with E-state index >= 15 is 0 Å². The average Bonchev–Trinajstić information content (AvgIpc) is 2.31. The van der Waals surface area contributed by atoms with Gasteiger partial charge in [-0.3, -0.25) is 4.79 Å². The molecule has 0 bridgehead atoms. The third kappa shape index (κ3) is 4.44. The number of carboxylic acids is 1. The summed E-state index contributed by atoms with van der Waals surface area (Å²) in [6.45, 7) is 4.60. The van der Waals surface area contributed by atoms with Gasteiger partial charge in [-0.15, -0.1) is 11.8 Å². The first-order chi connectivity index (χ1) is 8.74. The lowest BCUT2D eigenvalue weighted by atomic mass is 10.1. The number of halogens is 1. The summed E-state index contributed by atoms with van der Waals surface area (Å²) in [7, 11) is 0. The number of hydrogen-bond donors (Lipinski definition) is 2. The molecule has 1 aromatic rings. The molecule has 0 aliphatic rings. The third-order valence-corrected chi connectivity index (χ3v) is 4.10. The number of hydrogen-bond acceptors (Lipinski definition) is 3. The van der Waals surface area contributed by atoms with Crippen LogP contribution in [-0.2, 0) is 9.59 Å². The molecule has 19 heavy (non-hydrogen) atoms. The summed E-state index contributed by atoms with van der Waals surface area (Å²) in [5, 5.41) is 11.6. The van der Waals surface area contributed by atoms with Crippen LogP contribution in [0.1, 0.15) is 20.8 Å². The fourth-order valence-electron chi connectivity index (χ4n) is 1.25. The van der Waals surface area contributed by atoms with Gasteiger partial charge in [-0.2, -0.15) is 0 Å². The second-order valence-corrected chi connectivity index (χ2v) is 6.40. The largest absolute Gasteiger partial charge is 0.480 e. The Kier molecular flexibility index (Phi) is 5.26. The Labute approximate surface area is 121 Å². The Morgan fingerprint density at radius 3 is 2.47 bits per heavy atom. The van der Waals surface area contributed by atoms with Crippen molar-refractivity contribution in [2.45, 2.75) is 36.5 Å². The molecule has 1 unspecified atom stereocenters. The van der Waals surface area contributed by atoms with E-state index in [9.17, 15) is 9.59 Å². The first-order valence-electron chi connectivity index (χ1n) is 5.70. The quantitative estimate of drug-likeness (QED) is 0.821. The van der Waals surface area contributed by atoms with E-state index in [2.05, 4.69) is 5.32 Å². The van der Waals surface area contributed by atoms with Crippen LogP contribution in [0.2, 0.25) is 5.02 Å². The van der Waals surface area contributed by atoms with Gasteiger partial charge in [0, 0.05) is 4.90 Å². The van der Waals surface area contributed by atoms with Gasteiger partial charge in [-0.1, -0.05) is 23.7 Å². The van der Waals surface area contributed by atoms with Gasteiger partial charge in [-0.05, 0) is 32.9 Å².